The number of benzene rings is 1. The van der Waals surface area contributed by atoms with Crippen LogP contribution >= 0.6 is 0 Å². The van der Waals surface area contributed by atoms with Gasteiger partial charge in [0, 0.05) is 31.5 Å². The van der Waals surface area contributed by atoms with Crippen molar-refractivity contribution in [3.63, 3.8) is 0 Å². The van der Waals surface area contributed by atoms with E-state index in [2.05, 4.69) is 19.6 Å². The number of alkyl halides is 3. The molecule has 174 valence electrons. The second kappa shape index (κ2) is 9.41. The Hall–Kier alpha value is -2.73. The van der Waals surface area contributed by atoms with Crippen molar-refractivity contribution in [3.05, 3.63) is 48.8 Å². The predicted molar refractivity (Wildman–Crippen MR) is 109 cm³/mol. The fourth-order valence-corrected chi connectivity index (χ4v) is 5.33. The van der Waals surface area contributed by atoms with Crippen LogP contribution in [0, 0.1) is 5.41 Å². The lowest BCUT2D eigenvalue weighted by Crippen LogP contribution is -2.59. The number of carboxylic acid groups (broad SMARTS) is 1. The summed E-state index contributed by atoms with van der Waals surface area (Å²) in [6, 6.07) is 10.5. The van der Waals surface area contributed by atoms with Crippen LogP contribution in [0.2, 0.25) is 0 Å². The summed E-state index contributed by atoms with van der Waals surface area (Å²) < 4.78 is 59.9. The van der Waals surface area contributed by atoms with Gasteiger partial charge < -0.3 is 10.0 Å². The van der Waals surface area contributed by atoms with E-state index < -0.39 is 22.2 Å². The van der Waals surface area contributed by atoms with Crippen LogP contribution in [0.3, 0.4) is 0 Å². The summed E-state index contributed by atoms with van der Waals surface area (Å²) in [4.78, 5) is 20.1. The lowest BCUT2D eigenvalue weighted by atomic mass is 9.60. The second-order valence-corrected chi connectivity index (χ2v) is 9.44. The van der Waals surface area contributed by atoms with Crippen LogP contribution in [0.1, 0.15) is 25.7 Å². The summed E-state index contributed by atoms with van der Waals surface area (Å²) in [6.07, 6.45) is 2.35. The van der Waals surface area contributed by atoms with Crippen LogP contribution in [-0.2, 0) is 14.8 Å². The van der Waals surface area contributed by atoms with Gasteiger partial charge in [-0.15, -0.1) is 0 Å². The van der Waals surface area contributed by atoms with Crippen molar-refractivity contribution in [3.8, 4) is 0 Å². The van der Waals surface area contributed by atoms with Gasteiger partial charge in [-0.05, 0) is 49.3 Å². The van der Waals surface area contributed by atoms with E-state index in [4.69, 9.17) is 9.90 Å². The molecule has 1 aromatic heterocycles. The van der Waals surface area contributed by atoms with E-state index >= 15 is 0 Å². The van der Waals surface area contributed by atoms with Crippen molar-refractivity contribution < 1.29 is 31.5 Å². The van der Waals surface area contributed by atoms with Crippen LogP contribution in [0.15, 0.2) is 53.7 Å². The molecule has 1 saturated carbocycles. The molecule has 1 aliphatic carbocycles. The number of hydrogen-bond donors (Lipinski definition) is 2. The van der Waals surface area contributed by atoms with Crippen LogP contribution in [0.4, 0.5) is 19.1 Å². The molecule has 0 bridgehead atoms. The Morgan fingerprint density at radius 3 is 2.09 bits per heavy atom. The third-order valence-electron chi connectivity index (χ3n) is 5.86. The zero-order valence-corrected chi connectivity index (χ0v) is 17.8. The second-order valence-electron chi connectivity index (χ2n) is 7.73. The molecule has 32 heavy (non-hydrogen) atoms. The quantitative estimate of drug-likeness (QED) is 0.704. The zero-order valence-electron chi connectivity index (χ0n) is 17.0. The largest absolute Gasteiger partial charge is 0.490 e. The highest BCUT2D eigenvalue weighted by Crippen LogP contribution is 2.49. The molecular formula is C20H23F3N4O4S. The number of nitrogens with one attached hydrogen (secondary N) is 1. The zero-order chi connectivity index (χ0) is 23.4. The van der Waals surface area contributed by atoms with Crippen LogP contribution in [0.5, 0.6) is 0 Å². The first-order valence-corrected chi connectivity index (χ1v) is 11.4. The maximum atomic E-state index is 12.6. The molecule has 2 N–H and O–H groups in total. The first-order chi connectivity index (χ1) is 15.0. The molecule has 1 unspecified atom stereocenters. The Labute approximate surface area is 183 Å². The van der Waals surface area contributed by atoms with Crippen molar-refractivity contribution in [2.75, 3.05) is 18.0 Å². The molecule has 2 heterocycles. The van der Waals surface area contributed by atoms with Gasteiger partial charge in [0.25, 0.3) is 0 Å². The number of anilines is 1. The monoisotopic (exact) mass is 472 g/mol. The van der Waals surface area contributed by atoms with Crippen LogP contribution < -0.4 is 9.62 Å². The number of nitrogens with zero attached hydrogens (tertiary/aromatic N) is 3. The number of halogens is 3. The number of carbonyl (C=O) groups is 1. The Bertz CT molecular complexity index is 1010. The van der Waals surface area contributed by atoms with Crippen LogP contribution in [0.25, 0.3) is 0 Å². The minimum atomic E-state index is -5.08. The summed E-state index contributed by atoms with van der Waals surface area (Å²) in [5, 5.41) is 7.12. The van der Waals surface area contributed by atoms with Gasteiger partial charge in [0.2, 0.25) is 16.0 Å². The molecule has 1 aliphatic heterocycles. The number of carboxylic acids is 1. The third kappa shape index (κ3) is 5.54. The molecule has 2 aromatic rings. The SMILES string of the molecule is O=C(O)C(F)(F)F.O=S(=O)(NC1CCC12CCN(c1ncccn1)CC2)c1ccccc1. The summed E-state index contributed by atoms with van der Waals surface area (Å²) in [5.74, 6) is -1.99. The molecule has 12 heteroatoms. The van der Waals surface area contributed by atoms with Gasteiger partial charge in [0.1, 0.15) is 0 Å². The minimum absolute atomic E-state index is 0.0246. The number of aromatic nitrogens is 2. The molecule has 0 amide bonds. The topological polar surface area (TPSA) is 112 Å². The number of rotatable bonds is 4. The molecule has 4 rings (SSSR count). The van der Waals surface area contributed by atoms with Crippen molar-refractivity contribution in [1.29, 1.82) is 0 Å². The van der Waals surface area contributed by atoms with E-state index in [0.29, 0.717) is 4.90 Å². The highest BCUT2D eigenvalue weighted by molar-refractivity contribution is 7.89. The van der Waals surface area contributed by atoms with Crippen molar-refractivity contribution in [1.82, 2.24) is 14.7 Å². The fraction of sp³-hybridized carbons (Fsp3) is 0.450. The summed E-state index contributed by atoms with van der Waals surface area (Å²) >= 11 is 0. The highest BCUT2D eigenvalue weighted by Gasteiger charge is 2.49. The van der Waals surface area contributed by atoms with Crippen molar-refractivity contribution >= 4 is 21.9 Å². The van der Waals surface area contributed by atoms with Crippen molar-refractivity contribution in [2.45, 2.75) is 42.8 Å². The molecule has 2 fully saturated rings. The lowest BCUT2D eigenvalue weighted by molar-refractivity contribution is -0.192. The smallest absolute Gasteiger partial charge is 0.475 e. The Kier molecular flexibility index (Phi) is 7.03. The lowest BCUT2D eigenvalue weighted by Gasteiger charge is -2.53. The van der Waals surface area contributed by atoms with Gasteiger partial charge in [0.15, 0.2) is 0 Å². The van der Waals surface area contributed by atoms with Crippen LogP contribution in [-0.4, -0.2) is 54.8 Å². The van der Waals surface area contributed by atoms with E-state index in [-0.39, 0.29) is 11.5 Å². The minimum Gasteiger partial charge on any atom is -0.475 e. The van der Waals surface area contributed by atoms with Gasteiger partial charge >= 0.3 is 12.1 Å². The maximum Gasteiger partial charge on any atom is 0.490 e. The fourth-order valence-electron chi connectivity index (χ4n) is 3.94. The summed E-state index contributed by atoms with van der Waals surface area (Å²) in [6.45, 7) is 1.74. The summed E-state index contributed by atoms with van der Waals surface area (Å²) in [5.41, 5.74) is 0.0765. The first-order valence-electron chi connectivity index (χ1n) is 9.93. The Morgan fingerprint density at radius 1 is 1.06 bits per heavy atom. The predicted octanol–water partition coefficient (Wildman–Crippen LogP) is 2.84. The third-order valence-corrected chi connectivity index (χ3v) is 7.35. The standard InChI is InChI=1S/C18H22N4O2S.C2HF3O2/c23-25(24,15-5-2-1-3-6-15)21-16-7-8-18(16)9-13-22(14-10-18)17-19-11-4-12-20-17;3-2(4,5)1(6)7/h1-6,11-12,16,21H,7-10,13-14H2;(H,6,7). The molecule has 1 spiro atoms. The molecule has 2 aliphatic rings. The van der Waals surface area contributed by atoms with Gasteiger partial charge in [-0.1, -0.05) is 18.2 Å². The number of hydrogen-bond acceptors (Lipinski definition) is 6. The molecule has 1 saturated heterocycles. The van der Waals surface area contributed by atoms with Crippen molar-refractivity contribution in [2.24, 2.45) is 5.41 Å². The first kappa shape index (κ1) is 23.9. The van der Waals surface area contributed by atoms with E-state index in [1.54, 1.807) is 36.7 Å². The van der Waals surface area contributed by atoms with Gasteiger partial charge in [-0.3, -0.25) is 0 Å². The summed E-state index contributed by atoms with van der Waals surface area (Å²) in [7, 11) is -3.45. The normalized spacial score (nSPS) is 20.1. The Balaban J connectivity index is 0.000000360. The van der Waals surface area contributed by atoms with E-state index in [1.807, 2.05) is 12.1 Å². The number of piperidine rings is 1. The maximum absolute atomic E-state index is 12.6. The molecular weight excluding hydrogens is 449 g/mol. The molecule has 1 atom stereocenters. The average Bonchev–Trinajstić information content (AvgIpc) is 2.78. The molecule has 1 aromatic carbocycles. The molecule has 8 nitrogen and oxygen atoms in total. The van der Waals surface area contributed by atoms with E-state index in [0.717, 1.165) is 44.7 Å². The number of sulfonamides is 1. The van der Waals surface area contributed by atoms with Gasteiger partial charge in [-0.25, -0.2) is 27.9 Å². The Morgan fingerprint density at radius 2 is 1.62 bits per heavy atom. The average molecular weight is 472 g/mol. The van der Waals surface area contributed by atoms with E-state index in [9.17, 15) is 21.6 Å². The van der Waals surface area contributed by atoms with Gasteiger partial charge in [-0.2, -0.15) is 13.2 Å². The highest BCUT2D eigenvalue weighted by atomic mass is 32.2. The molecule has 0 radical (unpaired) electrons. The number of aliphatic carboxylic acids is 1. The van der Waals surface area contributed by atoms with E-state index in [1.165, 1.54) is 0 Å². The van der Waals surface area contributed by atoms with Gasteiger partial charge in [0.05, 0.1) is 4.90 Å².